The minimum Gasteiger partial charge on any atom is -0.324 e. The fourth-order valence-electron chi connectivity index (χ4n) is 0.817. The fourth-order valence-corrected chi connectivity index (χ4v) is 0.817. The number of rotatable bonds is 1. The van der Waals surface area contributed by atoms with Crippen molar-refractivity contribution in [3.8, 4) is 6.19 Å². The Balaban J connectivity index is 0.000000218. The minimum atomic E-state index is 0.139. The van der Waals surface area contributed by atoms with Gasteiger partial charge < -0.3 is 15.4 Å². The molecule has 11 heavy (non-hydrogen) atoms. The van der Waals surface area contributed by atoms with Gasteiger partial charge in [-0.2, -0.15) is 5.26 Å². The predicted octanol–water partition coefficient (Wildman–Crippen LogP) is -0.293. The van der Waals surface area contributed by atoms with Crippen molar-refractivity contribution in [3.63, 3.8) is 0 Å². The van der Waals surface area contributed by atoms with Gasteiger partial charge in [0.05, 0.1) is 0 Å². The summed E-state index contributed by atoms with van der Waals surface area (Å²) < 4.78 is 0. The Hall–Kier alpha value is -1.08. The summed E-state index contributed by atoms with van der Waals surface area (Å²) in [4.78, 5) is 10.8. The van der Waals surface area contributed by atoms with Crippen LogP contribution in [-0.4, -0.2) is 30.8 Å². The maximum atomic E-state index is 9.05. The minimum absolute atomic E-state index is 0.139. The molecule has 62 valence electrons. The van der Waals surface area contributed by atoms with Crippen LogP contribution in [0.2, 0.25) is 0 Å². The SMILES string of the molecule is N#CN1CCCC1.NCC=O. The molecule has 0 atom stereocenters. The number of nitrogens with two attached hydrogens (primary N) is 1. The van der Waals surface area contributed by atoms with E-state index in [1.165, 1.54) is 12.8 Å². The van der Waals surface area contributed by atoms with Crippen LogP contribution in [0.25, 0.3) is 0 Å². The lowest BCUT2D eigenvalue weighted by atomic mass is 10.4. The molecule has 0 aromatic carbocycles. The number of likely N-dealkylation sites (tertiary alicyclic amines) is 1. The summed E-state index contributed by atoms with van der Waals surface area (Å²) in [7, 11) is 0. The van der Waals surface area contributed by atoms with Crippen LogP contribution in [0.1, 0.15) is 12.8 Å². The van der Waals surface area contributed by atoms with Gasteiger partial charge in [0.15, 0.2) is 6.19 Å². The third-order valence-corrected chi connectivity index (χ3v) is 1.34. The second kappa shape index (κ2) is 7.03. The third-order valence-electron chi connectivity index (χ3n) is 1.34. The van der Waals surface area contributed by atoms with Crippen LogP contribution < -0.4 is 5.73 Å². The van der Waals surface area contributed by atoms with Crippen LogP contribution in [0.15, 0.2) is 0 Å². The average Bonchev–Trinajstić information content (AvgIpc) is 2.56. The fraction of sp³-hybridized carbons (Fsp3) is 0.714. The molecule has 0 aliphatic carbocycles. The van der Waals surface area contributed by atoms with Crippen molar-refractivity contribution >= 4 is 6.29 Å². The van der Waals surface area contributed by atoms with E-state index in [2.05, 4.69) is 11.9 Å². The second-order valence-corrected chi connectivity index (χ2v) is 2.20. The Morgan fingerprint density at radius 2 is 2.00 bits per heavy atom. The monoisotopic (exact) mass is 155 g/mol. The van der Waals surface area contributed by atoms with E-state index in [1.807, 2.05) is 0 Å². The molecular formula is C7H13N3O. The van der Waals surface area contributed by atoms with Crippen molar-refractivity contribution in [2.45, 2.75) is 12.8 Å². The molecule has 4 nitrogen and oxygen atoms in total. The standard InChI is InChI=1S/C5H8N2.C2H5NO/c6-5-7-3-1-2-4-7;3-1-2-4/h1-4H2;2H,1,3H2. The van der Waals surface area contributed by atoms with E-state index in [1.54, 1.807) is 4.90 Å². The highest BCUT2D eigenvalue weighted by Gasteiger charge is 2.06. The number of carbonyl (C=O) groups excluding carboxylic acids is 1. The number of nitrogens with zero attached hydrogens (tertiary/aromatic N) is 2. The lowest BCUT2D eigenvalue weighted by Crippen LogP contribution is -2.10. The molecule has 2 N–H and O–H groups in total. The molecule has 0 spiro atoms. The van der Waals surface area contributed by atoms with Crippen molar-refractivity contribution < 1.29 is 4.79 Å². The van der Waals surface area contributed by atoms with Gasteiger partial charge in [-0.1, -0.05) is 0 Å². The van der Waals surface area contributed by atoms with Gasteiger partial charge in [-0.3, -0.25) is 0 Å². The van der Waals surface area contributed by atoms with Gasteiger partial charge in [-0.25, -0.2) is 0 Å². The molecule has 1 rings (SSSR count). The van der Waals surface area contributed by atoms with Gasteiger partial charge in [0.1, 0.15) is 6.29 Å². The van der Waals surface area contributed by atoms with Gasteiger partial charge in [0.25, 0.3) is 0 Å². The van der Waals surface area contributed by atoms with E-state index >= 15 is 0 Å². The molecule has 0 radical (unpaired) electrons. The second-order valence-electron chi connectivity index (χ2n) is 2.20. The molecule has 0 aromatic rings. The molecular weight excluding hydrogens is 142 g/mol. The van der Waals surface area contributed by atoms with Crippen LogP contribution in [0, 0.1) is 11.5 Å². The molecule has 0 bridgehead atoms. The van der Waals surface area contributed by atoms with E-state index in [4.69, 9.17) is 10.1 Å². The molecule has 0 saturated carbocycles. The summed E-state index contributed by atoms with van der Waals surface area (Å²) in [5.74, 6) is 0. The average molecular weight is 155 g/mol. The summed E-state index contributed by atoms with van der Waals surface area (Å²) >= 11 is 0. The lowest BCUT2D eigenvalue weighted by Gasteiger charge is -2.00. The zero-order chi connectivity index (χ0) is 8.53. The van der Waals surface area contributed by atoms with E-state index in [0.29, 0.717) is 6.29 Å². The first-order chi connectivity index (χ1) is 5.35. The van der Waals surface area contributed by atoms with Crippen LogP contribution in [0.4, 0.5) is 0 Å². The summed E-state index contributed by atoms with van der Waals surface area (Å²) in [5.41, 5.74) is 4.66. The maximum absolute atomic E-state index is 9.05. The molecule has 1 saturated heterocycles. The Morgan fingerprint density at radius 1 is 1.55 bits per heavy atom. The third kappa shape index (κ3) is 5.37. The first-order valence-electron chi connectivity index (χ1n) is 3.63. The predicted molar refractivity (Wildman–Crippen MR) is 41.5 cm³/mol. The molecule has 0 unspecified atom stereocenters. The number of nitriles is 1. The highest BCUT2D eigenvalue weighted by molar-refractivity contribution is 5.51. The van der Waals surface area contributed by atoms with Crippen molar-refractivity contribution in [2.75, 3.05) is 19.6 Å². The molecule has 4 heteroatoms. The summed E-state index contributed by atoms with van der Waals surface area (Å²) in [5, 5.41) is 8.24. The topological polar surface area (TPSA) is 70.1 Å². The van der Waals surface area contributed by atoms with Crippen LogP contribution in [0.5, 0.6) is 0 Å². The highest BCUT2D eigenvalue weighted by Crippen LogP contribution is 2.03. The van der Waals surface area contributed by atoms with E-state index in [0.717, 1.165) is 13.1 Å². The Kier molecular flexibility index (Phi) is 6.34. The quantitative estimate of drug-likeness (QED) is 0.417. The lowest BCUT2D eigenvalue weighted by molar-refractivity contribution is -0.106. The number of aldehydes is 1. The highest BCUT2D eigenvalue weighted by atomic mass is 16.1. The van der Waals surface area contributed by atoms with Gasteiger partial charge in [0, 0.05) is 19.6 Å². The van der Waals surface area contributed by atoms with E-state index < -0.39 is 0 Å². The zero-order valence-corrected chi connectivity index (χ0v) is 6.49. The Bertz CT molecular complexity index is 135. The first kappa shape index (κ1) is 9.92. The molecule has 0 aromatic heterocycles. The summed E-state index contributed by atoms with van der Waals surface area (Å²) in [6.07, 6.45) is 5.15. The zero-order valence-electron chi connectivity index (χ0n) is 6.49. The van der Waals surface area contributed by atoms with Crippen LogP contribution >= 0.6 is 0 Å². The van der Waals surface area contributed by atoms with E-state index in [-0.39, 0.29) is 6.54 Å². The Labute approximate surface area is 66.6 Å². The van der Waals surface area contributed by atoms with Gasteiger partial charge in [-0.15, -0.1) is 0 Å². The first-order valence-corrected chi connectivity index (χ1v) is 3.63. The normalized spacial score (nSPS) is 14.7. The summed E-state index contributed by atoms with van der Waals surface area (Å²) in [6, 6.07) is 0. The maximum Gasteiger partial charge on any atom is 0.179 e. The van der Waals surface area contributed by atoms with Gasteiger partial charge in [-0.05, 0) is 12.8 Å². The van der Waals surface area contributed by atoms with Crippen molar-refractivity contribution in [1.82, 2.24) is 4.90 Å². The smallest absolute Gasteiger partial charge is 0.179 e. The molecule has 1 aliphatic heterocycles. The molecule has 0 amide bonds. The Morgan fingerprint density at radius 3 is 2.18 bits per heavy atom. The van der Waals surface area contributed by atoms with Crippen molar-refractivity contribution in [2.24, 2.45) is 5.73 Å². The largest absolute Gasteiger partial charge is 0.324 e. The number of hydrogen-bond acceptors (Lipinski definition) is 4. The van der Waals surface area contributed by atoms with Crippen LogP contribution in [0.3, 0.4) is 0 Å². The molecule has 1 fully saturated rings. The van der Waals surface area contributed by atoms with Crippen molar-refractivity contribution in [3.05, 3.63) is 0 Å². The van der Waals surface area contributed by atoms with Crippen molar-refractivity contribution in [1.29, 1.82) is 5.26 Å². The van der Waals surface area contributed by atoms with Crippen LogP contribution in [-0.2, 0) is 4.79 Å². The molecule has 1 aliphatic rings. The van der Waals surface area contributed by atoms with Gasteiger partial charge >= 0.3 is 0 Å². The van der Waals surface area contributed by atoms with E-state index in [9.17, 15) is 0 Å². The number of hydrogen-bond donors (Lipinski definition) is 1. The number of carbonyl (C=O) groups is 1. The van der Waals surface area contributed by atoms with Gasteiger partial charge in [0.2, 0.25) is 0 Å². The summed E-state index contributed by atoms with van der Waals surface area (Å²) in [6.45, 7) is 2.10. The molecule has 1 heterocycles.